The van der Waals surface area contributed by atoms with Gasteiger partial charge in [-0.25, -0.2) is 9.55 Å². The highest BCUT2D eigenvalue weighted by Crippen LogP contribution is 2.42. The van der Waals surface area contributed by atoms with Crippen LogP contribution in [0.3, 0.4) is 0 Å². The standard InChI is InChI=1S/C45H44N5/c1-30(2)33-24-25-46-43(26-33)50-39-19-9-8-18-37(39)38-23-22-36(28-42(38)50)49(44-31(3)14-12-15-32(44)4)35-17-13-16-34(27-35)47-29-48(45(5,6)7)41-21-11-10-20-40(41)47/h8-30H,1-7H3/q+1. The number of rotatable bonds is 6. The van der Waals surface area contributed by atoms with Gasteiger partial charge in [0, 0.05) is 46.9 Å². The predicted molar refractivity (Wildman–Crippen MR) is 211 cm³/mol. The van der Waals surface area contributed by atoms with Crippen molar-refractivity contribution in [2.75, 3.05) is 4.90 Å². The van der Waals surface area contributed by atoms with Crippen molar-refractivity contribution in [1.29, 1.82) is 0 Å². The van der Waals surface area contributed by atoms with Crippen LogP contribution in [0.25, 0.3) is 44.3 Å². The zero-order valence-electron chi connectivity index (χ0n) is 30.0. The zero-order chi connectivity index (χ0) is 34.7. The molecule has 0 N–H and O–H groups in total. The minimum Gasteiger partial charge on any atom is -0.309 e. The molecule has 5 heteroatoms. The molecule has 0 spiro atoms. The Hall–Kier alpha value is -5.68. The number of benzene rings is 5. The summed E-state index contributed by atoms with van der Waals surface area (Å²) in [5.74, 6) is 1.34. The summed E-state index contributed by atoms with van der Waals surface area (Å²) in [6, 6.07) is 44.1. The minimum atomic E-state index is -0.0653. The molecular formula is C45H44N5+. The van der Waals surface area contributed by atoms with Gasteiger partial charge in [0.15, 0.2) is 17.4 Å². The summed E-state index contributed by atoms with van der Waals surface area (Å²) >= 11 is 0. The third kappa shape index (κ3) is 5.25. The Balaban J connectivity index is 1.37. The number of hydrogen-bond acceptors (Lipinski definition) is 2. The normalized spacial score (nSPS) is 12.1. The van der Waals surface area contributed by atoms with Crippen molar-refractivity contribution < 1.29 is 0 Å². The Labute approximate surface area is 294 Å². The van der Waals surface area contributed by atoms with Crippen LogP contribution in [0.2, 0.25) is 0 Å². The fraction of sp³-hybridized carbons (Fsp3) is 0.200. The molecule has 0 saturated carbocycles. The van der Waals surface area contributed by atoms with E-state index in [1.807, 2.05) is 6.20 Å². The molecule has 50 heavy (non-hydrogen) atoms. The molecule has 248 valence electrons. The average molecular weight is 655 g/mol. The average Bonchev–Trinajstić information content (AvgIpc) is 3.67. The molecule has 0 unspecified atom stereocenters. The molecule has 0 bridgehead atoms. The SMILES string of the molecule is Cc1cccc(C)c1N(c1cccc(-n2[cH+]n(C(C)(C)C)c3ccccc32)c1)c1ccc2c3ccccc3n(-c3cc(C(C)C)ccn3)c2c1. The van der Waals surface area contributed by atoms with Crippen molar-refractivity contribution in [2.45, 2.75) is 59.9 Å². The van der Waals surface area contributed by atoms with E-state index in [1.165, 1.54) is 44.2 Å². The van der Waals surface area contributed by atoms with Gasteiger partial charge in [0.05, 0.1) is 27.9 Å². The van der Waals surface area contributed by atoms with Crippen LogP contribution in [0.15, 0.2) is 134 Å². The monoisotopic (exact) mass is 654 g/mol. The van der Waals surface area contributed by atoms with Crippen LogP contribution in [-0.2, 0) is 5.54 Å². The number of hydrogen-bond donors (Lipinski definition) is 0. The molecule has 0 atom stereocenters. The van der Waals surface area contributed by atoms with Crippen LogP contribution >= 0.6 is 0 Å². The minimum absolute atomic E-state index is 0.0653. The third-order valence-corrected chi connectivity index (χ3v) is 9.96. The Kier molecular flexibility index (Phi) is 7.60. The van der Waals surface area contributed by atoms with E-state index in [0.29, 0.717) is 5.92 Å². The fourth-order valence-electron chi connectivity index (χ4n) is 7.46. The Morgan fingerprint density at radius 1 is 0.640 bits per heavy atom. The van der Waals surface area contributed by atoms with Gasteiger partial charge in [-0.2, -0.15) is 4.57 Å². The van der Waals surface area contributed by atoms with Gasteiger partial charge in [-0.3, -0.25) is 4.57 Å². The molecule has 8 aromatic rings. The molecule has 5 aromatic carbocycles. The number of fused-ring (bicyclic) bond motifs is 4. The van der Waals surface area contributed by atoms with E-state index in [9.17, 15) is 0 Å². The van der Waals surface area contributed by atoms with Gasteiger partial charge in [0.1, 0.15) is 11.5 Å². The van der Waals surface area contributed by atoms with Crippen LogP contribution in [0.1, 0.15) is 57.2 Å². The van der Waals surface area contributed by atoms with Crippen molar-refractivity contribution in [1.82, 2.24) is 18.7 Å². The zero-order valence-corrected chi connectivity index (χ0v) is 30.0. The quantitative estimate of drug-likeness (QED) is 0.167. The van der Waals surface area contributed by atoms with Crippen molar-refractivity contribution in [2.24, 2.45) is 0 Å². The van der Waals surface area contributed by atoms with Crippen LogP contribution in [0.5, 0.6) is 0 Å². The first-order valence-corrected chi connectivity index (χ1v) is 17.6. The van der Waals surface area contributed by atoms with Crippen LogP contribution in [0, 0.1) is 13.8 Å². The Morgan fingerprint density at radius 3 is 2.04 bits per heavy atom. The first kappa shape index (κ1) is 31.6. The molecule has 3 heterocycles. The lowest BCUT2D eigenvalue weighted by molar-refractivity contribution is 0.406. The Bertz CT molecular complexity index is 2520. The molecular weight excluding hydrogens is 611 g/mol. The number of imidazole rings is 1. The second-order valence-electron chi connectivity index (χ2n) is 14.8. The van der Waals surface area contributed by atoms with Crippen LogP contribution in [0.4, 0.5) is 17.1 Å². The van der Waals surface area contributed by atoms with Gasteiger partial charge in [0.2, 0.25) is 0 Å². The van der Waals surface area contributed by atoms with Crippen molar-refractivity contribution in [3.05, 3.63) is 151 Å². The number of para-hydroxylation sites is 4. The second-order valence-corrected chi connectivity index (χ2v) is 14.8. The lowest BCUT2D eigenvalue weighted by Crippen LogP contribution is -2.20. The summed E-state index contributed by atoms with van der Waals surface area (Å²) in [5, 5.41) is 2.43. The summed E-state index contributed by atoms with van der Waals surface area (Å²) in [4.78, 5) is 7.35. The van der Waals surface area contributed by atoms with E-state index < -0.39 is 0 Å². The molecule has 0 amide bonds. The highest BCUT2D eigenvalue weighted by molar-refractivity contribution is 6.10. The van der Waals surface area contributed by atoms with Crippen molar-refractivity contribution >= 4 is 49.9 Å². The molecule has 0 aliphatic carbocycles. The number of aromatic nitrogens is 4. The van der Waals surface area contributed by atoms with Crippen LogP contribution in [-0.4, -0.2) is 18.7 Å². The number of aryl methyl sites for hydroxylation is 2. The van der Waals surface area contributed by atoms with Gasteiger partial charge < -0.3 is 4.90 Å². The summed E-state index contributed by atoms with van der Waals surface area (Å²) < 4.78 is 7.02. The van der Waals surface area contributed by atoms with E-state index in [2.05, 4.69) is 195 Å². The van der Waals surface area contributed by atoms with E-state index in [1.54, 1.807) is 0 Å². The topological polar surface area (TPSA) is 30.9 Å². The second kappa shape index (κ2) is 12.0. The number of nitrogens with zero attached hydrogens (tertiary/aromatic N) is 5. The first-order chi connectivity index (χ1) is 24.1. The largest absolute Gasteiger partial charge is 0.309 e. The molecule has 0 fully saturated rings. The summed E-state index contributed by atoms with van der Waals surface area (Å²) in [7, 11) is 0. The maximum atomic E-state index is 4.92. The predicted octanol–water partition coefficient (Wildman–Crippen LogP) is 12.2. The molecule has 3 aromatic heterocycles. The van der Waals surface area contributed by atoms with Gasteiger partial charge in [-0.1, -0.05) is 56.3 Å². The molecule has 0 aliphatic heterocycles. The molecule has 0 aliphatic rings. The maximum absolute atomic E-state index is 4.92. The van der Waals surface area contributed by atoms with E-state index in [0.717, 1.165) is 33.9 Å². The summed E-state index contributed by atoms with van der Waals surface area (Å²) in [5.41, 5.74) is 12.8. The molecule has 0 saturated heterocycles. The first-order valence-electron chi connectivity index (χ1n) is 17.6. The summed E-state index contributed by atoms with van der Waals surface area (Å²) in [6.45, 7) is 15.7. The van der Waals surface area contributed by atoms with Gasteiger partial charge in [-0.05, 0) is 112 Å². The van der Waals surface area contributed by atoms with E-state index in [4.69, 9.17) is 4.98 Å². The lowest BCUT2D eigenvalue weighted by atomic mass is 10.0. The molecule has 0 radical (unpaired) electrons. The number of anilines is 3. The van der Waals surface area contributed by atoms with E-state index >= 15 is 0 Å². The van der Waals surface area contributed by atoms with Crippen molar-refractivity contribution in [3.63, 3.8) is 0 Å². The van der Waals surface area contributed by atoms with Gasteiger partial charge >= 0.3 is 0 Å². The molecule has 8 rings (SSSR count). The van der Waals surface area contributed by atoms with Crippen molar-refractivity contribution in [3.8, 4) is 11.5 Å². The smallest absolute Gasteiger partial charge is 0.191 e. The summed E-state index contributed by atoms with van der Waals surface area (Å²) in [6.07, 6.45) is 4.19. The lowest BCUT2D eigenvalue weighted by Gasteiger charge is -2.29. The van der Waals surface area contributed by atoms with Crippen LogP contribution < -0.4 is 4.90 Å². The Morgan fingerprint density at radius 2 is 1.30 bits per heavy atom. The third-order valence-electron chi connectivity index (χ3n) is 9.96. The fourth-order valence-corrected chi connectivity index (χ4v) is 7.46. The highest BCUT2D eigenvalue weighted by Gasteiger charge is 2.26. The number of pyridine rings is 1. The maximum Gasteiger partial charge on any atom is 0.191 e. The van der Waals surface area contributed by atoms with Gasteiger partial charge in [0.25, 0.3) is 0 Å². The highest BCUT2D eigenvalue weighted by atomic mass is 15.2. The van der Waals surface area contributed by atoms with Gasteiger partial charge in [-0.15, -0.1) is 0 Å². The molecule has 5 nitrogen and oxygen atoms in total. The van der Waals surface area contributed by atoms with E-state index in [-0.39, 0.29) is 5.54 Å².